The molecule has 0 unspecified atom stereocenters. The molecule has 0 aliphatic rings. The van der Waals surface area contributed by atoms with E-state index >= 15 is 0 Å². The Morgan fingerprint density at radius 3 is 2.10 bits per heavy atom. The Hall–Kier alpha value is -0.190. The highest BCUT2D eigenvalue weighted by Crippen LogP contribution is 2.55. The predicted molar refractivity (Wildman–Crippen MR) is 90.4 cm³/mol. The average molecular weight is 332 g/mol. The van der Waals surface area contributed by atoms with E-state index in [2.05, 4.69) is 0 Å². The van der Waals surface area contributed by atoms with E-state index in [-0.39, 0.29) is 12.2 Å². The number of rotatable bonds is 7. The zero-order valence-electron chi connectivity index (χ0n) is 12.2. The molecule has 0 saturated carbocycles. The average Bonchev–Trinajstić information content (AvgIpc) is 2.35. The third-order valence-electron chi connectivity index (χ3n) is 2.13. The van der Waals surface area contributed by atoms with Crippen LogP contribution in [0.25, 0.3) is 0 Å². The number of thiocarbonyl (C=S) groups is 1. The van der Waals surface area contributed by atoms with Crippen molar-refractivity contribution in [2.24, 2.45) is 0 Å². The Morgan fingerprint density at radius 1 is 1.15 bits per heavy atom. The molecule has 0 spiro atoms. The lowest BCUT2D eigenvalue weighted by Gasteiger charge is -2.22. The summed E-state index contributed by atoms with van der Waals surface area (Å²) in [6, 6.07) is 9.91. The Labute approximate surface area is 131 Å². The molecule has 0 aliphatic carbocycles. The molecule has 0 heterocycles. The van der Waals surface area contributed by atoms with Crippen LogP contribution >= 0.6 is 31.6 Å². The molecule has 3 nitrogen and oxygen atoms in total. The van der Waals surface area contributed by atoms with Gasteiger partial charge in [-0.1, -0.05) is 42.5 Å². The van der Waals surface area contributed by atoms with Crippen LogP contribution in [0.4, 0.5) is 0 Å². The summed E-state index contributed by atoms with van der Waals surface area (Å²) in [6.07, 6.45) is -0.398. The first-order chi connectivity index (χ1) is 9.33. The molecule has 0 aliphatic heterocycles. The van der Waals surface area contributed by atoms with Gasteiger partial charge in [0, 0.05) is 5.75 Å². The van der Waals surface area contributed by atoms with Crippen molar-refractivity contribution >= 4 is 35.5 Å². The third kappa shape index (κ3) is 6.06. The standard InChI is InChI=1S/C14H21O3PS2/c1-11(2)16-18(15,17-12(3)4)14(19)20-10-13-8-6-5-7-9-13/h5-9,11-12H,10H2,1-4H3. The van der Waals surface area contributed by atoms with Gasteiger partial charge in [-0.2, -0.15) is 0 Å². The fourth-order valence-electron chi connectivity index (χ4n) is 1.46. The van der Waals surface area contributed by atoms with Crippen molar-refractivity contribution in [2.45, 2.75) is 45.7 Å². The van der Waals surface area contributed by atoms with E-state index < -0.39 is 7.60 Å². The van der Waals surface area contributed by atoms with Crippen LogP contribution in [0.2, 0.25) is 0 Å². The predicted octanol–water partition coefficient (Wildman–Crippen LogP) is 5.25. The van der Waals surface area contributed by atoms with E-state index in [4.69, 9.17) is 21.3 Å². The maximum absolute atomic E-state index is 12.7. The monoisotopic (exact) mass is 332 g/mol. The van der Waals surface area contributed by atoms with E-state index in [0.717, 1.165) is 5.56 Å². The molecule has 0 N–H and O–H groups in total. The molecule has 20 heavy (non-hydrogen) atoms. The Balaban J connectivity index is 2.71. The van der Waals surface area contributed by atoms with Gasteiger partial charge in [0.25, 0.3) is 0 Å². The molecule has 0 atom stereocenters. The topological polar surface area (TPSA) is 35.5 Å². The molecule has 6 heteroatoms. The van der Waals surface area contributed by atoms with Crippen molar-refractivity contribution in [3.05, 3.63) is 35.9 Å². The van der Waals surface area contributed by atoms with Crippen molar-refractivity contribution in [1.82, 2.24) is 0 Å². The minimum absolute atomic E-state index is 0.199. The molecule has 0 saturated heterocycles. The van der Waals surface area contributed by atoms with Crippen LogP contribution in [0.1, 0.15) is 33.3 Å². The number of hydrogen-bond donors (Lipinski definition) is 0. The van der Waals surface area contributed by atoms with Crippen molar-refractivity contribution in [3.8, 4) is 0 Å². The first kappa shape index (κ1) is 17.9. The molecule has 1 aromatic carbocycles. The largest absolute Gasteiger partial charge is 0.378 e. The normalized spacial score (nSPS) is 12.1. The molecule has 0 aromatic heterocycles. The highest BCUT2D eigenvalue weighted by atomic mass is 32.2. The first-order valence-electron chi connectivity index (χ1n) is 6.51. The van der Waals surface area contributed by atoms with Crippen molar-refractivity contribution in [2.75, 3.05) is 0 Å². The van der Waals surface area contributed by atoms with Crippen LogP contribution in [-0.4, -0.2) is 16.1 Å². The molecule has 0 fully saturated rings. The molecule has 1 rings (SSSR count). The van der Waals surface area contributed by atoms with Crippen LogP contribution in [0, 0.1) is 0 Å². The number of hydrogen-bond acceptors (Lipinski definition) is 5. The highest BCUT2D eigenvalue weighted by molar-refractivity contribution is 8.35. The van der Waals surface area contributed by atoms with E-state index in [1.54, 1.807) is 0 Å². The lowest BCUT2D eigenvalue weighted by Crippen LogP contribution is -2.11. The second-order valence-corrected chi connectivity index (χ2v) is 8.97. The maximum atomic E-state index is 12.7. The summed E-state index contributed by atoms with van der Waals surface area (Å²) < 4.78 is 24.0. The third-order valence-corrected chi connectivity index (χ3v) is 6.78. The van der Waals surface area contributed by atoms with Gasteiger partial charge < -0.3 is 9.05 Å². The summed E-state index contributed by atoms with van der Waals surface area (Å²) in [4.78, 5) is 0. The second-order valence-electron chi connectivity index (χ2n) is 4.85. The minimum Gasteiger partial charge on any atom is -0.302 e. The van der Waals surface area contributed by atoms with Gasteiger partial charge in [0.1, 0.15) is 0 Å². The van der Waals surface area contributed by atoms with Crippen molar-refractivity contribution in [1.29, 1.82) is 0 Å². The lowest BCUT2D eigenvalue weighted by atomic mass is 10.2. The summed E-state index contributed by atoms with van der Waals surface area (Å²) in [5, 5.41) is 0. The Kier molecular flexibility index (Phi) is 7.41. The van der Waals surface area contributed by atoms with Gasteiger partial charge >= 0.3 is 7.60 Å². The molecule has 112 valence electrons. The van der Waals surface area contributed by atoms with E-state index in [1.807, 2.05) is 58.0 Å². The highest BCUT2D eigenvalue weighted by Gasteiger charge is 2.33. The smallest absolute Gasteiger partial charge is 0.302 e. The van der Waals surface area contributed by atoms with Gasteiger partial charge in [0.2, 0.25) is 0 Å². The zero-order chi connectivity index (χ0) is 15.2. The van der Waals surface area contributed by atoms with Crippen molar-refractivity contribution in [3.63, 3.8) is 0 Å². The van der Waals surface area contributed by atoms with Crippen LogP contribution < -0.4 is 0 Å². The van der Waals surface area contributed by atoms with Gasteiger partial charge in [0.05, 0.1) is 12.2 Å². The van der Waals surface area contributed by atoms with Gasteiger partial charge in [0.15, 0.2) is 3.94 Å². The van der Waals surface area contributed by atoms with Crippen LogP contribution in [-0.2, 0) is 19.4 Å². The van der Waals surface area contributed by atoms with Gasteiger partial charge in [-0.05, 0) is 33.3 Å². The second kappa shape index (κ2) is 8.30. The fraction of sp³-hybridized carbons (Fsp3) is 0.500. The summed E-state index contributed by atoms with van der Waals surface area (Å²) in [5.41, 5.74) is 1.13. The van der Waals surface area contributed by atoms with Crippen LogP contribution in [0.15, 0.2) is 30.3 Å². The SMILES string of the molecule is CC(C)OP(=O)(OC(C)C)C(=S)SCc1ccccc1. The molecule has 0 bridgehead atoms. The Bertz CT molecular complexity index is 461. The molecular formula is C14H21O3PS2. The quantitative estimate of drug-likeness (QED) is 0.503. The Morgan fingerprint density at radius 2 is 1.65 bits per heavy atom. The molecular weight excluding hydrogens is 311 g/mol. The summed E-state index contributed by atoms with van der Waals surface area (Å²) >= 11 is 6.61. The van der Waals surface area contributed by atoms with E-state index in [9.17, 15) is 4.57 Å². The first-order valence-corrected chi connectivity index (χ1v) is 9.45. The van der Waals surface area contributed by atoms with Gasteiger partial charge in [-0.3, -0.25) is 4.57 Å². The van der Waals surface area contributed by atoms with Crippen molar-refractivity contribution < 1.29 is 13.6 Å². The van der Waals surface area contributed by atoms with Crippen LogP contribution in [0.3, 0.4) is 0 Å². The van der Waals surface area contributed by atoms with Gasteiger partial charge in [-0.15, -0.1) is 11.8 Å². The van der Waals surface area contributed by atoms with Gasteiger partial charge in [-0.25, -0.2) is 0 Å². The fourth-order valence-corrected chi connectivity index (χ4v) is 4.80. The number of benzene rings is 1. The molecule has 0 amide bonds. The number of thioether (sulfide) groups is 1. The molecule has 1 aromatic rings. The lowest BCUT2D eigenvalue weighted by molar-refractivity contribution is 0.153. The summed E-state index contributed by atoms with van der Waals surface area (Å²) in [7, 11) is -3.37. The minimum atomic E-state index is -3.37. The van der Waals surface area contributed by atoms with E-state index in [1.165, 1.54) is 11.8 Å². The maximum Gasteiger partial charge on any atom is 0.378 e. The van der Waals surface area contributed by atoms with Crippen LogP contribution in [0.5, 0.6) is 0 Å². The zero-order valence-corrected chi connectivity index (χ0v) is 14.8. The summed E-state index contributed by atoms with van der Waals surface area (Å²) in [5.74, 6) is 0.659. The molecule has 0 radical (unpaired) electrons. The van der Waals surface area contributed by atoms with E-state index in [0.29, 0.717) is 9.69 Å². The summed E-state index contributed by atoms with van der Waals surface area (Å²) in [6.45, 7) is 7.28.